The van der Waals surface area contributed by atoms with Crippen molar-refractivity contribution in [2.75, 3.05) is 0 Å². The first-order chi connectivity index (χ1) is 19.6. The van der Waals surface area contributed by atoms with Crippen molar-refractivity contribution in [2.24, 2.45) is 11.3 Å². The first-order valence-electron chi connectivity index (χ1n) is 14.8. The van der Waals surface area contributed by atoms with Crippen molar-refractivity contribution in [2.45, 2.75) is 105 Å². The summed E-state index contributed by atoms with van der Waals surface area (Å²) in [6, 6.07) is 12.4. The standard InChI is InChI=1S/C35H46O7/c1-10-30-22(5)31(40-23(6)36)33(41-24(7)37)32(42-30)29-19-27(28(20(2)3)17-21(29)4)18-26-13-11-25(12-14-26)15-16-35(8,9)34(38)39/h11-17,19-20,22,30-33H,10,18H2,1-9H3,(H,38,39)/b16-15+/t22-,30-,31+,32+,33-/m1/s1. The molecule has 1 heterocycles. The molecule has 0 bridgehead atoms. The molecule has 1 N–H and O–H groups in total. The van der Waals surface area contributed by atoms with Gasteiger partial charge in [0.25, 0.3) is 0 Å². The van der Waals surface area contributed by atoms with Gasteiger partial charge in [0.1, 0.15) is 12.2 Å². The molecule has 1 aliphatic rings. The van der Waals surface area contributed by atoms with Crippen LogP contribution in [0.5, 0.6) is 0 Å². The molecule has 7 nitrogen and oxygen atoms in total. The van der Waals surface area contributed by atoms with E-state index in [1.807, 2.05) is 39.0 Å². The number of rotatable bonds is 10. The van der Waals surface area contributed by atoms with Crippen LogP contribution in [-0.2, 0) is 35.0 Å². The van der Waals surface area contributed by atoms with Gasteiger partial charge in [-0.05, 0) is 72.9 Å². The number of carboxylic acids is 1. The van der Waals surface area contributed by atoms with Crippen molar-refractivity contribution in [3.63, 3.8) is 0 Å². The van der Waals surface area contributed by atoms with E-state index in [9.17, 15) is 19.5 Å². The van der Waals surface area contributed by atoms with Gasteiger partial charge in [-0.3, -0.25) is 14.4 Å². The molecule has 7 heteroatoms. The smallest absolute Gasteiger partial charge is 0.312 e. The molecule has 0 unspecified atom stereocenters. The Hall–Kier alpha value is -3.45. The predicted molar refractivity (Wildman–Crippen MR) is 163 cm³/mol. The van der Waals surface area contributed by atoms with Crippen molar-refractivity contribution in [1.82, 2.24) is 0 Å². The predicted octanol–water partition coefficient (Wildman–Crippen LogP) is 7.18. The lowest BCUT2D eigenvalue weighted by Gasteiger charge is -2.45. The molecule has 0 aromatic heterocycles. The Kier molecular flexibility index (Phi) is 10.8. The van der Waals surface area contributed by atoms with E-state index in [0.717, 1.165) is 34.2 Å². The van der Waals surface area contributed by atoms with Crippen LogP contribution in [0, 0.1) is 18.3 Å². The normalized spacial score (nSPS) is 22.8. The number of carbonyl (C=O) groups excluding carboxylic acids is 2. The minimum Gasteiger partial charge on any atom is -0.481 e. The highest BCUT2D eigenvalue weighted by atomic mass is 16.6. The molecule has 0 aliphatic carbocycles. The van der Waals surface area contributed by atoms with Crippen LogP contribution in [-0.4, -0.2) is 41.3 Å². The van der Waals surface area contributed by atoms with Crippen LogP contribution in [0.2, 0.25) is 0 Å². The Morgan fingerprint density at radius 3 is 2.14 bits per heavy atom. The molecule has 1 saturated heterocycles. The van der Waals surface area contributed by atoms with E-state index < -0.39 is 41.6 Å². The molecule has 1 aliphatic heterocycles. The fourth-order valence-electron chi connectivity index (χ4n) is 5.61. The average molecular weight is 579 g/mol. The topological polar surface area (TPSA) is 99.1 Å². The highest BCUT2D eigenvalue weighted by Gasteiger charge is 2.48. The lowest BCUT2D eigenvalue weighted by Crippen LogP contribution is -2.53. The van der Waals surface area contributed by atoms with E-state index in [0.29, 0.717) is 6.42 Å². The average Bonchev–Trinajstić information content (AvgIpc) is 2.91. The summed E-state index contributed by atoms with van der Waals surface area (Å²) in [5.74, 6) is -1.62. The second kappa shape index (κ2) is 13.7. The molecule has 0 radical (unpaired) electrons. The minimum atomic E-state index is -0.947. The number of hydrogen-bond acceptors (Lipinski definition) is 6. The summed E-state index contributed by atoms with van der Waals surface area (Å²) in [6.45, 7) is 16.5. The Morgan fingerprint density at radius 2 is 1.62 bits per heavy atom. The Labute approximate surface area is 250 Å². The summed E-state index contributed by atoms with van der Waals surface area (Å²) in [7, 11) is 0. The summed E-state index contributed by atoms with van der Waals surface area (Å²) in [5.41, 5.74) is 5.40. The molecule has 42 heavy (non-hydrogen) atoms. The summed E-state index contributed by atoms with van der Waals surface area (Å²) >= 11 is 0. The molecule has 0 amide bonds. The summed E-state index contributed by atoms with van der Waals surface area (Å²) < 4.78 is 18.2. The number of carbonyl (C=O) groups is 3. The number of ether oxygens (including phenoxy) is 3. The maximum absolute atomic E-state index is 12.2. The van der Waals surface area contributed by atoms with Crippen LogP contribution in [0.4, 0.5) is 0 Å². The maximum atomic E-state index is 12.2. The van der Waals surface area contributed by atoms with Gasteiger partial charge >= 0.3 is 17.9 Å². The monoisotopic (exact) mass is 578 g/mol. The third-order valence-electron chi connectivity index (χ3n) is 8.13. The van der Waals surface area contributed by atoms with E-state index in [4.69, 9.17) is 14.2 Å². The second-order valence-electron chi connectivity index (χ2n) is 12.4. The van der Waals surface area contributed by atoms with E-state index in [-0.39, 0.29) is 17.9 Å². The molecule has 0 saturated carbocycles. The second-order valence-corrected chi connectivity index (χ2v) is 12.4. The Morgan fingerprint density at radius 1 is 1.02 bits per heavy atom. The number of benzene rings is 2. The van der Waals surface area contributed by atoms with Crippen LogP contribution < -0.4 is 0 Å². The van der Waals surface area contributed by atoms with Crippen LogP contribution in [0.3, 0.4) is 0 Å². The highest BCUT2D eigenvalue weighted by molar-refractivity contribution is 5.77. The quantitative estimate of drug-likeness (QED) is 0.298. The van der Waals surface area contributed by atoms with Gasteiger partial charge in [-0.15, -0.1) is 0 Å². The van der Waals surface area contributed by atoms with E-state index in [1.165, 1.54) is 19.4 Å². The number of hydrogen-bond donors (Lipinski definition) is 1. The fraction of sp³-hybridized carbons (Fsp3) is 0.514. The van der Waals surface area contributed by atoms with Crippen molar-refractivity contribution in [1.29, 1.82) is 0 Å². The first-order valence-corrected chi connectivity index (χ1v) is 14.8. The van der Waals surface area contributed by atoms with Crippen molar-refractivity contribution >= 4 is 24.0 Å². The maximum Gasteiger partial charge on any atom is 0.312 e. The molecule has 0 spiro atoms. The number of esters is 2. The largest absolute Gasteiger partial charge is 0.481 e. The molecular formula is C35H46O7. The lowest BCUT2D eigenvalue weighted by atomic mass is 9.81. The van der Waals surface area contributed by atoms with Crippen molar-refractivity contribution < 1.29 is 33.7 Å². The molecule has 1 fully saturated rings. The molecule has 5 atom stereocenters. The number of carboxylic acid groups (broad SMARTS) is 1. The zero-order valence-electron chi connectivity index (χ0n) is 26.4. The van der Waals surface area contributed by atoms with Gasteiger partial charge in [-0.1, -0.05) is 76.2 Å². The number of aryl methyl sites for hydroxylation is 1. The summed E-state index contributed by atoms with van der Waals surface area (Å²) in [5, 5.41) is 9.38. The summed E-state index contributed by atoms with van der Waals surface area (Å²) in [4.78, 5) is 35.7. The minimum absolute atomic E-state index is 0.150. The van der Waals surface area contributed by atoms with Gasteiger partial charge in [0.05, 0.1) is 11.5 Å². The van der Waals surface area contributed by atoms with Gasteiger partial charge in [-0.2, -0.15) is 0 Å². The molecule has 3 rings (SSSR count). The lowest BCUT2D eigenvalue weighted by molar-refractivity contribution is -0.225. The molecule has 228 valence electrons. The van der Waals surface area contributed by atoms with E-state index in [1.54, 1.807) is 19.9 Å². The zero-order valence-corrected chi connectivity index (χ0v) is 26.4. The third kappa shape index (κ3) is 7.88. The van der Waals surface area contributed by atoms with Gasteiger partial charge in [0, 0.05) is 19.8 Å². The van der Waals surface area contributed by atoms with E-state index >= 15 is 0 Å². The highest BCUT2D eigenvalue weighted by Crippen LogP contribution is 2.42. The van der Waals surface area contributed by atoms with Crippen LogP contribution in [0.25, 0.3) is 6.08 Å². The van der Waals surface area contributed by atoms with Crippen LogP contribution in [0.15, 0.2) is 42.5 Å². The van der Waals surface area contributed by atoms with Gasteiger partial charge < -0.3 is 19.3 Å². The van der Waals surface area contributed by atoms with Crippen LogP contribution in [0.1, 0.15) is 107 Å². The van der Waals surface area contributed by atoms with Gasteiger partial charge in [0.15, 0.2) is 6.10 Å². The Bertz CT molecular complexity index is 1310. The molecule has 2 aromatic carbocycles. The molecule has 2 aromatic rings. The van der Waals surface area contributed by atoms with Crippen molar-refractivity contribution in [3.05, 3.63) is 75.9 Å². The third-order valence-corrected chi connectivity index (χ3v) is 8.13. The number of aliphatic carboxylic acids is 1. The van der Waals surface area contributed by atoms with Gasteiger partial charge in [0.2, 0.25) is 0 Å². The SMILES string of the molecule is CC[C@H]1O[C@@H](c2cc(Cc3ccc(/C=C/C(C)(C)C(=O)O)cc3)c(C(C)C)cc2C)[C@H](OC(C)=O)[C@@H](OC(C)=O)[C@@H]1C. The molecular weight excluding hydrogens is 532 g/mol. The Balaban J connectivity index is 2.03. The van der Waals surface area contributed by atoms with Crippen LogP contribution >= 0.6 is 0 Å². The van der Waals surface area contributed by atoms with Gasteiger partial charge in [-0.25, -0.2) is 0 Å². The van der Waals surface area contributed by atoms with E-state index in [2.05, 4.69) is 38.1 Å². The summed E-state index contributed by atoms with van der Waals surface area (Å²) in [6.07, 6.45) is 2.76. The zero-order chi connectivity index (χ0) is 31.4. The van der Waals surface area contributed by atoms with Crippen molar-refractivity contribution in [3.8, 4) is 0 Å². The fourth-order valence-corrected chi connectivity index (χ4v) is 5.61. The first kappa shape index (κ1) is 33.1.